The first-order valence-electron chi connectivity index (χ1n) is 9.70. The van der Waals surface area contributed by atoms with Gasteiger partial charge in [-0.25, -0.2) is 0 Å². The predicted molar refractivity (Wildman–Crippen MR) is 116 cm³/mol. The molecule has 134 valence electrons. The summed E-state index contributed by atoms with van der Waals surface area (Å²) in [5.41, 5.74) is 9.81. The summed E-state index contributed by atoms with van der Waals surface area (Å²) in [4.78, 5) is 2.32. The van der Waals surface area contributed by atoms with E-state index >= 15 is 0 Å². The fourth-order valence-electron chi connectivity index (χ4n) is 5.15. The third-order valence-corrected chi connectivity index (χ3v) is 6.27. The van der Waals surface area contributed by atoms with Crippen molar-refractivity contribution in [2.75, 3.05) is 17.3 Å². The lowest BCUT2D eigenvalue weighted by Crippen LogP contribution is -2.40. The van der Waals surface area contributed by atoms with Crippen molar-refractivity contribution in [3.8, 4) is 0 Å². The number of anilines is 4. The summed E-state index contributed by atoms with van der Waals surface area (Å²) in [5, 5.41) is 3.67. The molecule has 2 nitrogen and oxygen atoms in total. The molecule has 0 aromatic heterocycles. The van der Waals surface area contributed by atoms with E-state index in [1.54, 1.807) is 0 Å². The maximum absolute atomic E-state index is 3.67. The average Bonchev–Trinajstić information content (AvgIpc) is 2.77. The number of nitrogens with one attached hydrogen (secondary N) is 1. The van der Waals surface area contributed by atoms with Gasteiger partial charge < -0.3 is 10.2 Å². The Kier molecular flexibility index (Phi) is 3.05. The Morgan fingerprint density at radius 3 is 1.43 bits per heavy atom. The molecule has 0 aliphatic carbocycles. The van der Waals surface area contributed by atoms with Gasteiger partial charge in [-0.2, -0.15) is 0 Å². The molecular formula is C26H20N2. The van der Waals surface area contributed by atoms with Gasteiger partial charge in [-0.1, -0.05) is 72.8 Å². The molecule has 2 heteroatoms. The van der Waals surface area contributed by atoms with Gasteiger partial charge in [-0.3, -0.25) is 0 Å². The quantitative estimate of drug-likeness (QED) is 0.353. The number of nitrogens with zero attached hydrogens (tertiary/aromatic N) is 1. The number of fused-ring (bicyclic) bond motifs is 8. The van der Waals surface area contributed by atoms with E-state index in [1.165, 1.54) is 45.0 Å². The van der Waals surface area contributed by atoms with E-state index < -0.39 is 0 Å². The third-order valence-electron chi connectivity index (χ3n) is 6.27. The van der Waals surface area contributed by atoms with Crippen LogP contribution in [0.3, 0.4) is 0 Å². The predicted octanol–water partition coefficient (Wildman–Crippen LogP) is 6.21. The largest absolute Gasteiger partial charge is 0.355 e. The summed E-state index contributed by atoms with van der Waals surface area (Å²) in [5.74, 6) is 0. The molecule has 2 aliphatic rings. The van der Waals surface area contributed by atoms with Crippen LogP contribution in [0.25, 0.3) is 0 Å². The molecule has 0 radical (unpaired) electrons. The van der Waals surface area contributed by atoms with Crippen LogP contribution < -0.4 is 10.2 Å². The minimum Gasteiger partial charge on any atom is -0.355 e. The average molecular weight is 360 g/mol. The summed E-state index contributed by atoms with van der Waals surface area (Å²) < 4.78 is 0. The molecule has 2 aliphatic heterocycles. The number of para-hydroxylation sites is 4. The first kappa shape index (κ1) is 15.5. The van der Waals surface area contributed by atoms with Crippen LogP contribution in [0.15, 0.2) is 97.1 Å². The molecule has 0 saturated carbocycles. The lowest BCUT2D eigenvalue weighted by atomic mass is 9.60. The number of benzene rings is 4. The number of hydrogen-bond donors (Lipinski definition) is 1. The highest BCUT2D eigenvalue weighted by Crippen LogP contribution is 2.59. The van der Waals surface area contributed by atoms with E-state index in [2.05, 4.69) is 114 Å². The highest BCUT2D eigenvalue weighted by molar-refractivity contribution is 5.90. The molecule has 6 rings (SSSR count). The number of hydrogen-bond acceptors (Lipinski definition) is 2. The summed E-state index contributed by atoms with van der Waals surface area (Å²) in [7, 11) is 2.17. The zero-order valence-corrected chi connectivity index (χ0v) is 15.7. The molecule has 28 heavy (non-hydrogen) atoms. The van der Waals surface area contributed by atoms with E-state index in [0.717, 1.165) is 0 Å². The minimum atomic E-state index is -0.335. The fraction of sp³-hybridized carbons (Fsp3) is 0.0769. The molecule has 4 aromatic rings. The van der Waals surface area contributed by atoms with Crippen LogP contribution in [-0.2, 0) is 5.41 Å². The molecule has 0 fully saturated rings. The Hall–Kier alpha value is -3.52. The molecule has 0 unspecified atom stereocenters. The van der Waals surface area contributed by atoms with Crippen molar-refractivity contribution in [2.45, 2.75) is 5.41 Å². The molecule has 0 amide bonds. The van der Waals surface area contributed by atoms with E-state index in [9.17, 15) is 0 Å². The molecule has 2 heterocycles. The van der Waals surface area contributed by atoms with E-state index in [4.69, 9.17) is 0 Å². The van der Waals surface area contributed by atoms with Crippen LogP contribution in [0.2, 0.25) is 0 Å². The second-order valence-electron chi connectivity index (χ2n) is 7.56. The van der Waals surface area contributed by atoms with Gasteiger partial charge in [0.05, 0.1) is 5.41 Å². The molecule has 1 spiro atoms. The van der Waals surface area contributed by atoms with E-state index in [0.29, 0.717) is 0 Å². The fourth-order valence-corrected chi connectivity index (χ4v) is 5.15. The van der Waals surface area contributed by atoms with Crippen LogP contribution in [0.1, 0.15) is 22.3 Å². The van der Waals surface area contributed by atoms with Gasteiger partial charge in [0.1, 0.15) is 0 Å². The van der Waals surface area contributed by atoms with Crippen molar-refractivity contribution in [3.63, 3.8) is 0 Å². The van der Waals surface area contributed by atoms with Crippen LogP contribution >= 0.6 is 0 Å². The van der Waals surface area contributed by atoms with Crippen LogP contribution in [0, 0.1) is 0 Å². The first-order valence-corrected chi connectivity index (χ1v) is 9.70. The van der Waals surface area contributed by atoms with Gasteiger partial charge >= 0.3 is 0 Å². The van der Waals surface area contributed by atoms with E-state index in [1.807, 2.05) is 0 Å². The molecule has 1 N–H and O–H groups in total. The van der Waals surface area contributed by atoms with Crippen molar-refractivity contribution >= 4 is 22.7 Å². The molecule has 0 bridgehead atoms. The lowest BCUT2D eigenvalue weighted by Gasteiger charge is -2.48. The van der Waals surface area contributed by atoms with Crippen molar-refractivity contribution in [1.29, 1.82) is 0 Å². The Morgan fingerprint density at radius 2 is 0.929 bits per heavy atom. The minimum absolute atomic E-state index is 0.335. The lowest BCUT2D eigenvalue weighted by molar-refractivity contribution is 0.723. The maximum atomic E-state index is 3.67. The standard InChI is InChI=1S/C26H20N2/c1-28-24-16-8-4-12-20(24)26(21-13-5-9-17-25(21)28)18-10-2-6-14-22(18)27-23-15-7-3-11-19(23)26/h2-17,27H,1H3. The third kappa shape index (κ3) is 1.77. The van der Waals surface area contributed by atoms with E-state index in [-0.39, 0.29) is 5.41 Å². The zero-order chi connectivity index (χ0) is 18.7. The molecule has 0 atom stereocenters. The smallest absolute Gasteiger partial charge is 0.0782 e. The van der Waals surface area contributed by atoms with Gasteiger partial charge in [0.2, 0.25) is 0 Å². The Bertz CT molecular complexity index is 1130. The van der Waals surface area contributed by atoms with Gasteiger partial charge in [-0.15, -0.1) is 0 Å². The SMILES string of the molecule is CN1c2ccccc2C2(c3ccccc3Nc3ccccc32)c2ccccc21. The van der Waals surface area contributed by atoms with Crippen LogP contribution in [-0.4, -0.2) is 7.05 Å². The number of rotatable bonds is 0. The highest BCUT2D eigenvalue weighted by atomic mass is 15.1. The van der Waals surface area contributed by atoms with Gasteiger partial charge in [0.15, 0.2) is 0 Å². The monoisotopic (exact) mass is 360 g/mol. The van der Waals surface area contributed by atoms with Gasteiger partial charge in [0.25, 0.3) is 0 Å². The second kappa shape index (κ2) is 5.49. The Balaban J connectivity index is 1.86. The zero-order valence-electron chi connectivity index (χ0n) is 15.7. The van der Waals surface area contributed by atoms with Crippen molar-refractivity contribution in [3.05, 3.63) is 119 Å². The highest BCUT2D eigenvalue weighted by Gasteiger charge is 2.49. The van der Waals surface area contributed by atoms with Gasteiger partial charge in [0, 0.05) is 29.8 Å². The van der Waals surface area contributed by atoms with Gasteiger partial charge in [-0.05, 0) is 46.5 Å². The normalized spacial score (nSPS) is 15.1. The van der Waals surface area contributed by atoms with Crippen LogP contribution in [0.4, 0.5) is 22.7 Å². The van der Waals surface area contributed by atoms with Crippen molar-refractivity contribution in [1.82, 2.24) is 0 Å². The maximum Gasteiger partial charge on any atom is 0.0782 e. The Morgan fingerprint density at radius 1 is 0.536 bits per heavy atom. The van der Waals surface area contributed by atoms with Crippen molar-refractivity contribution < 1.29 is 0 Å². The first-order chi connectivity index (χ1) is 13.8. The van der Waals surface area contributed by atoms with Crippen LogP contribution in [0.5, 0.6) is 0 Å². The topological polar surface area (TPSA) is 15.3 Å². The molecular weight excluding hydrogens is 340 g/mol. The summed E-state index contributed by atoms with van der Waals surface area (Å²) >= 11 is 0. The van der Waals surface area contributed by atoms with Crippen molar-refractivity contribution in [2.24, 2.45) is 0 Å². The molecule has 0 saturated heterocycles. The summed E-state index contributed by atoms with van der Waals surface area (Å²) in [6.07, 6.45) is 0. The Labute approximate surface area is 165 Å². The molecule has 4 aromatic carbocycles. The summed E-state index contributed by atoms with van der Waals surface area (Å²) in [6, 6.07) is 35.1. The second-order valence-corrected chi connectivity index (χ2v) is 7.56. The summed E-state index contributed by atoms with van der Waals surface area (Å²) in [6.45, 7) is 0.